The highest BCUT2D eigenvalue weighted by Gasteiger charge is 2.31. The van der Waals surface area contributed by atoms with Crippen LogP contribution in [0.3, 0.4) is 0 Å². The van der Waals surface area contributed by atoms with E-state index in [1.807, 2.05) is 12.3 Å². The maximum Gasteiger partial charge on any atom is 0.133 e. The smallest absolute Gasteiger partial charge is 0.133 e. The Morgan fingerprint density at radius 1 is 1.45 bits per heavy atom. The monoisotopic (exact) mass is 277 g/mol. The Balaban J connectivity index is 2.10. The van der Waals surface area contributed by atoms with Crippen LogP contribution in [0.25, 0.3) is 0 Å². The molecule has 4 nitrogen and oxygen atoms in total. The van der Waals surface area contributed by atoms with E-state index in [1.54, 1.807) is 7.11 Å². The molecule has 1 fully saturated rings. The summed E-state index contributed by atoms with van der Waals surface area (Å²) in [6, 6.07) is 5.43. The van der Waals surface area contributed by atoms with E-state index >= 15 is 0 Å². The second-order valence-electron chi connectivity index (χ2n) is 5.55. The summed E-state index contributed by atoms with van der Waals surface area (Å²) < 4.78 is 5.07. The normalized spacial score (nSPS) is 22.4. The molecule has 4 heteroatoms. The van der Waals surface area contributed by atoms with Gasteiger partial charge in [-0.15, -0.1) is 0 Å². The highest BCUT2D eigenvalue weighted by molar-refractivity contribution is 5.49. The Bertz CT molecular complexity index is 410. The molecule has 0 saturated carbocycles. The van der Waals surface area contributed by atoms with Gasteiger partial charge >= 0.3 is 0 Å². The predicted octanol–water partition coefficient (Wildman–Crippen LogP) is 2.58. The van der Waals surface area contributed by atoms with Crippen LogP contribution in [0.5, 0.6) is 0 Å². The molecule has 0 aromatic carbocycles. The van der Waals surface area contributed by atoms with Gasteiger partial charge in [-0.2, -0.15) is 0 Å². The van der Waals surface area contributed by atoms with Crippen LogP contribution < -0.4 is 10.2 Å². The molecule has 2 heterocycles. The first kappa shape index (κ1) is 15.3. The third-order valence-electron chi connectivity index (χ3n) is 4.17. The number of hydrogen-bond acceptors (Lipinski definition) is 4. The topological polar surface area (TPSA) is 37.4 Å². The lowest BCUT2D eigenvalue weighted by atomic mass is 10.1. The molecule has 2 atom stereocenters. The average Bonchev–Trinajstić information content (AvgIpc) is 2.85. The molecule has 0 aliphatic carbocycles. The molecule has 1 aromatic rings. The van der Waals surface area contributed by atoms with Crippen LogP contribution in [0.4, 0.5) is 5.82 Å². The second kappa shape index (κ2) is 7.60. The summed E-state index contributed by atoms with van der Waals surface area (Å²) in [5.41, 5.74) is 1.29. The van der Waals surface area contributed by atoms with Gasteiger partial charge in [0.15, 0.2) is 0 Å². The molecule has 1 aliphatic heterocycles. The van der Waals surface area contributed by atoms with Crippen molar-refractivity contribution in [2.75, 3.05) is 25.2 Å². The number of nitrogens with one attached hydrogen (secondary N) is 1. The summed E-state index contributed by atoms with van der Waals surface area (Å²) in [5, 5.41) is 3.42. The maximum absolute atomic E-state index is 5.07. The number of anilines is 1. The Morgan fingerprint density at radius 3 is 3.05 bits per heavy atom. The van der Waals surface area contributed by atoms with Crippen molar-refractivity contribution >= 4 is 5.82 Å². The molecule has 1 aromatic heterocycles. The van der Waals surface area contributed by atoms with E-state index in [1.165, 1.54) is 24.8 Å². The van der Waals surface area contributed by atoms with Crippen LogP contribution in [0, 0.1) is 0 Å². The van der Waals surface area contributed by atoms with Crippen molar-refractivity contribution in [3.05, 3.63) is 23.9 Å². The lowest BCUT2D eigenvalue weighted by molar-refractivity contribution is 0.199. The van der Waals surface area contributed by atoms with Gasteiger partial charge < -0.3 is 15.0 Å². The van der Waals surface area contributed by atoms with Gasteiger partial charge in [0, 0.05) is 44.0 Å². The third-order valence-corrected chi connectivity index (χ3v) is 4.17. The molecule has 112 valence electrons. The van der Waals surface area contributed by atoms with Gasteiger partial charge in [0.25, 0.3) is 0 Å². The number of ether oxygens (including phenoxy) is 1. The van der Waals surface area contributed by atoms with Crippen molar-refractivity contribution in [1.82, 2.24) is 10.3 Å². The van der Waals surface area contributed by atoms with E-state index in [9.17, 15) is 0 Å². The van der Waals surface area contributed by atoms with Gasteiger partial charge in [-0.1, -0.05) is 13.0 Å². The van der Waals surface area contributed by atoms with E-state index in [0.29, 0.717) is 12.1 Å². The zero-order chi connectivity index (χ0) is 14.4. The molecular weight excluding hydrogens is 250 g/mol. The molecular formula is C16H27N3O. The van der Waals surface area contributed by atoms with Crippen LogP contribution in [-0.4, -0.2) is 37.3 Å². The fourth-order valence-electron chi connectivity index (χ4n) is 3.05. The largest absolute Gasteiger partial charge is 0.383 e. The zero-order valence-electron chi connectivity index (χ0n) is 12.9. The molecule has 0 amide bonds. The fourth-order valence-corrected chi connectivity index (χ4v) is 3.05. The highest BCUT2D eigenvalue weighted by atomic mass is 16.5. The van der Waals surface area contributed by atoms with Gasteiger partial charge in [0.05, 0.1) is 6.61 Å². The van der Waals surface area contributed by atoms with Gasteiger partial charge in [0.1, 0.15) is 5.82 Å². The third kappa shape index (κ3) is 3.49. The maximum atomic E-state index is 5.07. The number of hydrogen-bond donors (Lipinski definition) is 1. The lowest BCUT2D eigenvalue weighted by Gasteiger charge is -2.31. The first-order valence-electron chi connectivity index (χ1n) is 7.69. The number of nitrogens with zero attached hydrogens (tertiary/aromatic N) is 2. The summed E-state index contributed by atoms with van der Waals surface area (Å²) in [7, 11) is 1.73. The van der Waals surface area contributed by atoms with E-state index in [2.05, 4.69) is 35.1 Å². The molecule has 0 spiro atoms. The Labute approximate surface area is 122 Å². The SMILES string of the molecule is CCC1CCC(C)N1c1ncccc1CNCCOC. The number of pyridine rings is 1. The summed E-state index contributed by atoms with van der Waals surface area (Å²) in [6.45, 7) is 7.05. The summed E-state index contributed by atoms with van der Waals surface area (Å²) in [5.74, 6) is 1.16. The van der Waals surface area contributed by atoms with Crippen molar-refractivity contribution in [3.8, 4) is 0 Å². The van der Waals surface area contributed by atoms with Crippen molar-refractivity contribution in [3.63, 3.8) is 0 Å². The molecule has 1 N–H and O–H groups in total. The minimum Gasteiger partial charge on any atom is -0.383 e. The van der Waals surface area contributed by atoms with Crippen molar-refractivity contribution in [2.24, 2.45) is 0 Å². The van der Waals surface area contributed by atoms with Crippen LogP contribution in [0.2, 0.25) is 0 Å². The van der Waals surface area contributed by atoms with E-state index in [-0.39, 0.29) is 0 Å². The molecule has 0 bridgehead atoms. The molecule has 0 radical (unpaired) electrons. The van der Waals surface area contributed by atoms with Crippen molar-refractivity contribution in [2.45, 2.75) is 51.7 Å². The van der Waals surface area contributed by atoms with Crippen molar-refractivity contribution < 1.29 is 4.74 Å². The predicted molar refractivity (Wildman–Crippen MR) is 83.1 cm³/mol. The average molecular weight is 277 g/mol. The summed E-state index contributed by atoms with van der Waals surface area (Å²) >= 11 is 0. The number of methoxy groups -OCH3 is 1. The Kier molecular flexibility index (Phi) is 5.80. The molecule has 2 unspecified atom stereocenters. The van der Waals surface area contributed by atoms with Crippen LogP contribution in [0.15, 0.2) is 18.3 Å². The van der Waals surface area contributed by atoms with Crippen LogP contribution >= 0.6 is 0 Å². The first-order chi connectivity index (χ1) is 9.77. The van der Waals surface area contributed by atoms with Gasteiger partial charge in [-0.05, 0) is 32.3 Å². The Hall–Kier alpha value is -1.13. The van der Waals surface area contributed by atoms with Gasteiger partial charge in [0.2, 0.25) is 0 Å². The summed E-state index contributed by atoms with van der Waals surface area (Å²) in [4.78, 5) is 7.18. The van der Waals surface area contributed by atoms with Crippen LogP contribution in [0.1, 0.15) is 38.7 Å². The van der Waals surface area contributed by atoms with Gasteiger partial charge in [-0.3, -0.25) is 0 Å². The number of rotatable bonds is 7. The van der Waals surface area contributed by atoms with E-state index in [4.69, 9.17) is 4.74 Å². The molecule has 1 aliphatic rings. The van der Waals surface area contributed by atoms with Crippen molar-refractivity contribution in [1.29, 1.82) is 0 Å². The standard InChI is InChI=1S/C16H27N3O/c1-4-15-8-7-13(2)19(15)16-14(6-5-9-18-16)12-17-10-11-20-3/h5-6,9,13,15,17H,4,7-8,10-12H2,1-3H3. The number of aromatic nitrogens is 1. The van der Waals surface area contributed by atoms with Crippen LogP contribution in [-0.2, 0) is 11.3 Å². The highest BCUT2D eigenvalue weighted by Crippen LogP contribution is 2.32. The molecule has 20 heavy (non-hydrogen) atoms. The fraction of sp³-hybridized carbons (Fsp3) is 0.688. The molecule has 2 rings (SSSR count). The Morgan fingerprint density at radius 2 is 2.30 bits per heavy atom. The zero-order valence-corrected chi connectivity index (χ0v) is 12.9. The first-order valence-corrected chi connectivity index (χ1v) is 7.69. The lowest BCUT2D eigenvalue weighted by Crippen LogP contribution is -2.36. The van der Waals surface area contributed by atoms with E-state index < -0.39 is 0 Å². The van der Waals surface area contributed by atoms with Gasteiger partial charge in [-0.25, -0.2) is 4.98 Å². The summed E-state index contributed by atoms with van der Waals surface area (Å²) in [6.07, 6.45) is 5.65. The van der Waals surface area contributed by atoms with E-state index in [0.717, 1.165) is 25.5 Å². The molecule has 1 saturated heterocycles. The second-order valence-corrected chi connectivity index (χ2v) is 5.55. The quantitative estimate of drug-likeness (QED) is 0.777. The minimum absolute atomic E-state index is 0.590. The minimum atomic E-state index is 0.590.